The fourth-order valence-corrected chi connectivity index (χ4v) is 5.99. The molecule has 1 saturated heterocycles. The Morgan fingerprint density at radius 1 is 1.33 bits per heavy atom. The van der Waals surface area contributed by atoms with Crippen LogP contribution in [0.2, 0.25) is 0 Å². The molecule has 1 aliphatic heterocycles. The van der Waals surface area contributed by atoms with Gasteiger partial charge in [-0.05, 0) is 56.9 Å². The molecule has 2 heterocycles. The van der Waals surface area contributed by atoms with Crippen LogP contribution in [0.1, 0.15) is 57.6 Å². The molecule has 4 unspecified atom stereocenters. The second-order valence-corrected chi connectivity index (χ2v) is 9.04. The third-order valence-electron chi connectivity index (χ3n) is 7.39. The summed E-state index contributed by atoms with van der Waals surface area (Å²) in [7, 11) is 0. The van der Waals surface area contributed by atoms with Gasteiger partial charge in [0, 0.05) is 42.9 Å². The maximum atomic E-state index is 6.15. The molecule has 3 fully saturated rings. The Morgan fingerprint density at radius 3 is 2.97 bits per heavy atom. The highest BCUT2D eigenvalue weighted by Gasteiger charge is 2.65. The smallest absolute Gasteiger partial charge is 0.191 e. The maximum absolute atomic E-state index is 6.15. The molecule has 1 aromatic carbocycles. The van der Waals surface area contributed by atoms with Crippen LogP contribution in [0.5, 0.6) is 0 Å². The number of rotatable bonds is 5. The van der Waals surface area contributed by atoms with Crippen LogP contribution in [0.15, 0.2) is 47.7 Å². The summed E-state index contributed by atoms with van der Waals surface area (Å²) < 4.78 is 8.05. The molecule has 1 aromatic heterocycles. The van der Waals surface area contributed by atoms with Crippen molar-refractivity contribution in [2.75, 3.05) is 13.2 Å². The molecule has 5 rings (SSSR count). The highest BCUT2D eigenvalue weighted by Crippen LogP contribution is 2.60. The summed E-state index contributed by atoms with van der Waals surface area (Å²) in [6.07, 6.45) is 10.6. The van der Waals surface area contributed by atoms with E-state index in [9.17, 15) is 0 Å². The van der Waals surface area contributed by atoms with Crippen LogP contribution in [-0.2, 0) is 4.74 Å². The van der Waals surface area contributed by atoms with Gasteiger partial charge in [-0.25, -0.2) is 4.68 Å². The molecule has 160 valence electrons. The van der Waals surface area contributed by atoms with Gasteiger partial charge in [-0.15, -0.1) is 0 Å². The summed E-state index contributed by atoms with van der Waals surface area (Å²) in [4.78, 5) is 4.79. The van der Waals surface area contributed by atoms with Crippen molar-refractivity contribution in [2.45, 2.75) is 64.1 Å². The minimum Gasteiger partial charge on any atom is -0.377 e. The summed E-state index contributed by atoms with van der Waals surface area (Å²) in [5, 5.41) is 11.9. The zero-order valence-corrected chi connectivity index (χ0v) is 18.1. The number of fused-ring (bicyclic) bond motifs is 2. The van der Waals surface area contributed by atoms with Gasteiger partial charge in [0.25, 0.3) is 0 Å². The normalized spacial score (nSPS) is 28.2. The van der Waals surface area contributed by atoms with E-state index in [0.29, 0.717) is 23.5 Å². The number of aliphatic imine (C=N–C) groups is 1. The van der Waals surface area contributed by atoms with Crippen molar-refractivity contribution in [1.29, 1.82) is 0 Å². The van der Waals surface area contributed by atoms with E-state index < -0.39 is 0 Å². The Morgan fingerprint density at radius 2 is 2.20 bits per heavy atom. The summed E-state index contributed by atoms with van der Waals surface area (Å²) in [6, 6.07) is 11.1. The number of nitrogens with one attached hydrogen (secondary N) is 2. The number of benzene rings is 1. The first-order valence-electron chi connectivity index (χ1n) is 11.5. The average Bonchev–Trinajstić information content (AvgIpc) is 3.53. The number of aromatic nitrogens is 2. The molecule has 4 atom stereocenters. The average molecular weight is 408 g/mol. The van der Waals surface area contributed by atoms with E-state index in [4.69, 9.17) is 9.73 Å². The Balaban J connectivity index is 1.31. The van der Waals surface area contributed by atoms with Crippen molar-refractivity contribution in [1.82, 2.24) is 20.4 Å². The van der Waals surface area contributed by atoms with E-state index >= 15 is 0 Å². The first-order valence-corrected chi connectivity index (χ1v) is 11.5. The van der Waals surface area contributed by atoms with Crippen molar-refractivity contribution >= 4 is 5.96 Å². The SMILES string of the molecule is CCN=C(NC(C)c1cccc(-n2cccn2)c1)NC1C2CCOC2C12CCCC2. The fraction of sp³-hybridized carbons (Fsp3) is 0.583. The molecule has 1 spiro atoms. The van der Waals surface area contributed by atoms with Crippen LogP contribution >= 0.6 is 0 Å². The van der Waals surface area contributed by atoms with Gasteiger partial charge in [0.1, 0.15) is 0 Å². The van der Waals surface area contributed by atoms with Gasteiger partial charge in [0.05, 0.1) is 17.8 Å². The zero-order valence-electron chi connectivity index (χ0n) is 18.1. The van der Waals surface area contributed by atoms with Gasteiger partial charge >= 0.3 is 0 Å². The Hall–Kier alpha value is -2.34. The largest absolute Gasteiger partial charge is 0.377 e. The Bertz CT molecular complexity index is 887. The second kappa shape index (κ2) is 8.06. The monoisotopic (exact) mass is 407 g/mol. The molecule has 2 saturated carbocycles. The van der Waals surface area contributed by atoms with Crippen LogP contribution < -0.4 is 10.6 Å². The number of guanidine groups is 1. The van der Waals surface area contributed by atoms with Gasteiger partial charge in [0.15, 0.2) is 5.96 Å². The van der Waals surface area contributed by atoms with Crippen molar-refractivity contribution in [2.24, 2.45) is 16.3 Å². The van der Waals surface area contributed by atoms with Crippen LogP contribution in [0.4, 0.5) is 0 Å². The molecule has 6 heteroatoms. The van der Waals surface area contributed by atoms with E-state index in [2.05, 4.69) is 53.8 Å². The van der Waals surface area contributed by atoms with E-state index in [1.54, 1.807) is 0 Å². The molecule has 0 amide bonds. The lowest BCUT2D eigenvalue weighted by Crippen LogP contribution is -2.69. The standard InChI is InChI=1S/C24H33N5O/c1-3-25-23(28-21-20-10-15-30-22(20)24(21)11-4-5-12-24)27-17(2)18-8-6-9-19(16-18)29-14-7-13-26-29/h6-9,13-14,16-17,20-22H,3-5,10-12,15H2,1-2H3,(H2,25,27,28). The van der Waals surface area contributed by atoms with Gasteiger partial charge in [0.2, 0.25) is 0 Å². The Labute approximate surface area is 179 Å². The summed E-state index contributed by atoms with van der Waals surface area (Å²) in [5.41, 5.74) is 2.61. The number of nitrogens with zero attached hydrogens (tertiary/aromatic N) is 3. The van der Waals surface area contributed by atoms with Gasteiger partial charge in [-0.2, -0.15) is 5.10 Å². The first kappa shape index (κ1) is 19.6. The van der Waals surface area contributed by atoms with Gasteiger partial charge in [-0.1, -0.05) is 25.0 Å². The Kier molecular flexibility index (Phi) is 5.27. The van der Waals surface area contributed by atoms with Crippen LogP contribution in [0, 0.1) is 11.3 Å². The van der Waals surface area contributed by atoms with Crippen LogP contribution in [0.25, 0.3) is 5.69 Å². The third-order valence-corrected chi connectivity index (χ3v) is 7.39. The number of hydrogen-bond acceptors (Lipinski definition) is 3. The predicted molar refractivity (Wildman–Crippen MR) is 119 cm³/mol. The van der Waals surface area contributed by atoms with Crippen LogP contribution in [-0.4, -0.2) is 41.0 Å². The molecule has 6 nitrogen and oxygen atoms in total. The van der Waals surface area contributed by atoms with E-state index in [1.165, 1.54) is 37.7 Å². The summed E-state index contributed by atoms with van der Waals surface area (Å²) in [6.45, 7) is 5.97. The molecule has 0 radical (unpaired) electrons. The number of ether oxygens (including phenoxy) is 1. The maximum Gasteiger partial charge on any atom is 0.191 e. The van der Waals surface area contributed by atoms with E-state index in [-0.39, 0.29) is 6.04 Å². The topological polar surface area (TPSA) is 63.5 Å². The number of hydrogen-bond donors (Lipinski definition) is 2. The third kappa shape index (κ3) is 3.31. The van der Waals surface area contributed by atoms with Gasteiger partial charge in [-0.3, -0.25) is 4.99 Å². The first-order chi connectivity index (χ1) is 14.7. The lowest BCUT2D eigenvalue weighted by Gasteiger charge is -2.57. The minimum absolute atomic E-state index is 0.147. The fourth-order valence-electron chi connectivity index (χ4n) is 5.99. The van der Waals surface area contributed by atoms with E-state index in [1.807, 2.05) is 23.1 Å². The van der Waals surface area contributed by atoms with Crippen LogP contribution in [0.3, 0.4) is 0 Å². The highest BCUT2D eigenvalue weighted by atomic mass is 16.5. The lowest BCUT2D eigenvalue weighted by molar-refractivity contribution is -0.125. The molecule has 2 N–H and O–H groups in total. The summed E-state index contributed by atoms with van der Waals surface area (Å²) in [5.74, 6) is 1.56. The molecule has 0 bridgehead atoms. The highest BCUT2D eigenvalue weighted by molar-refractivity contribution is 5.81. The molecule has 3 aliphatic rings. The molecule has 2 aromatic rings. The minimum atomic E-state index is 0.147. The lowest BCUT2D eigenvalue weighted by atomic mass is 9.54. The van der Waals surface area contributed by atoms with Crippen molar-refractivity contribution in [3.05, 3.63) is 48.3 Å². The van der Waals surface area contributed by atoms with E-state index in [0.717, 1.165) is 24.8 Å². The molecule has 2 aliphatic carbocycles. The quantitative estimate of drug-likeness (QED) is 0.584. The summed E-state index contributed by atoms with van der Waals surface area (Å²) >= 11 is 0. The zero-order chi connectivity index (χ0) is 20.6. The molecule has 30 heavy (non-hydrogen) atoms. The molecular weight excluding hydrogens is 374 g/mol. The second-order valence-electron chi connectivity index (χ2n) is 9.04. The van der Waals surface area contributed by atoms with Gasteiger partial charge < -0.3 is 15.4 Å². The van der Waals surface area contributed by atoms with Crippen molar-refractivity contribution < 1.29 is 4.74 Å². The van der Waals surface area contributed by atoms with Crippen molar-refractivity contribution in [3.8, 4) is 5.69 Å². The predicted octanol–water partition coefficient (Wildman–Crippen LogP) is 3.84. The van der Waals surface area contributed by atoms with Crippen molar-refractivity contribution in [3.63, 3.8) is 0 Å². The molecular formula is C24H33N5O.